The molecule has 96 valence electrons. The molecule has 0 unspecified atom stereocenters. The van der Waals surface area contributed by atoms with Gasteiger partial charge in [-0.3, -0.25) is 0 Å². The molecule has 2 aromatic rings. The van der Waals surface area contributed by atoms with Crippen molar-refractivity contribution in [3.8, 4) is 0 Å². The van der Waals surface area contributed by atoms with E-state index in [1.807, 2.05) is 12.1 Å². The standard InChI is InChI=1S/C14H18BrN3/c1-14(6-2-3-7-14)9-18-12-8-10(15)4-5-11(12)17-13(18)16/h4-5,8H,2-3,6-7,9H2,1H3,(H2,16,17). The third-order valence-electron chi connectivity index (χ3n) is 4.09. The van der Waals surface area contributed by atoms with Crippen LogP contribution in [0.3, 0.4) is 0 Å². The van der Waals surface area contributed by atoms with Crippen LogP contribution in [0, 0.1) is 5.41 Å². The Morgan fingerprint density at radius 1 is 1.39 bits per heavy atom. The van der Waals surface area contributed by atoms with Crippen molar-refractivity contribution in [1.29, 1.82) is 0 Å². The molecule has 1 saturated carbocycles. The van der Waals surface area contributed by atoms with Gasteiger partial charge in [0.15, 0.2) is 0 Å². The number of hydrogen-bond acceptors (Lipinski definition) is 2. The van der Waals surface area contributed by atoms with Gasteiger partial charge in [-0.2, -0.15) is 0 Å². The lowest BCUT2D eigenvalue weighted by atomic mass is 9.89. The number of anilines is 1. The normalized spacial score (nSPS) is 18.6. The number of rotatable bonds is 2. The lowest BCUT2D eigenvalue weighted by Gasteiger charge is -2.24. The fraction of sp³-hybridized carbons (Fsp3) is 0.500. The van der Waals surface area contributed by atoms with E-state index in [-0.39, 0.29) is 0 Å². The molecule has 3 nitrogen and oxygen atoms in total. The summed E-state index contributed by atoms with van der Waals surface area (Å²) in [6.07, 6.45) is 5.26. The van der Waals surface area contributed by atoms with E-state index < -0.39 is 0 Å². The molecule has 0 atom stereocenters. The van der Waals surface area contributed by atoms with Gasteiger partial charge in [0.25, 0.3) is 0 Å². The van der Waals surface area contributed by atoms with Crippen molar-refractivity contribution >= 4 is 32.9 Å². The van der Waals surface area contributed by atoms with Crippen LogP contribution in [0.1, 0.15) is 32.6 Å². The third-order valence-corrected chi connectivity index (χ3v) is 4.58. The summed E-state index contributed by atoms with van der Waals surface area (Å²) in [4.78, 5) is 4.45. The van der Waals surface area contributed by atoms with Gasteiger partial charge in [0.05, 0.1) is 11.0 Å². The second kappa shape index (κ2) is 4.26. The number of nitrogens with zero attached hydrogens (tertiary/aromatic N) is 2. The average Bonchev–Trinajstić information content (AvgIpc) is 2.86. The van der Waals surface area contributed by atoms with E-state index in [0.29, 0.717) is 11.4 Å². The van der Waals surface area contributed by atoms with E-state index in [1.54, 1.807) is 0 Å². The first-order chi connectivity index (χ1) is 8.57. The van der Waals surface area contributed by atoms with E-state index in [0.717, 1.165) is 22.1 Å². The van der Waals surface area contributed by atoms with Gasteiger partial charge in [0.2, 0.25) is 5.95 Å². The molecule has 0 radical (unpaired) electrons. The number of imidazole rings is 1. The molecule has 4 heteroatoms. The van der Waals surface area contributed by atoms with Gasteiger partial charge >= 0.3 is 0 Å². The fourth-order valence-electron chi connectivity index (χ4n) is 3.05. The minimum atomic E-state index is 0.379. The molecule has 1 aliphatic carbocycles. The van der Waals surface area contributed by atoms with E-state index in [4.69, 9.17) is 5.73 Å². The molecule has 1 heterocycles. The summed E-state index contributed by atoms with van der Waals surface area (Å²) in [7, 11) is 0. The molecule has 1 aromatic heterocycles. The summed E-state index contributed by atoms with van der Waals surface area (Å²) >= 11 is 3.52. The van der Waals surface area contributed by atoms with Crippen molar-refractivity contribution in [1.82, 2.24) is 9.55 Å². The Balaban J connectivity index is 2.05. The Morgan fingerprint density at radius 3 is 2.83 bits per heavy atom. The Labute approximate surface area is 116 Å². The number of halogens is 1. The second-order valence-corrected chi connectivity index (χ2v) is 6.62. The summed E-state index contributed by atoms with van der Waals surface area (Å²) in [5, 5.41) is 0. The quantitative estimate of drug-likeness (QED) is 0.912. The van der Waals surface area contributed by atoms with Crippen molar-refractivity contribution in [3.63, 3.8) is 0 Å². The molecule has 0 aliphatic heterocycles. The van der Waals surface area contributed by atoms with Crippen molar-refractivity contribution in [2.45, 2.75) is 39.2 Å². The fourth-order valence-corrected chi connectivity index (χ4v) is 3.40. The third kappa shape index (κ3) is 2.03. The maximum atomic E-state index is 6.08. The smallest absolute Gasteiger partial charge is 0.201 e. The minimum Gasteiger partial charge on any atom is -0.369 e. The first-order valence-corrected chi connectivity index (χ1v) is 7.28. The summed E-state index contributed by atoms with van der Waals surface area (Å²) in [6, 6.07) is 6.14. The number of nitrogen functional groups attached to an aromatic ring is 1. The lowest BCUT2D eigenvalue weighted by Crippen LogP contribution is -2.20. The molecule has 0 amide bonds. The van der Waals surface area contributed by atoms with Crippen molar-refractivity contribution < 1.29 is 0 Å². The first-order valence-electron chi connectivity index (χ1n) is 6.49. The lowest BCUT2D eigenvalue weighted by molar-refractivity contribution is 0.287. The number of aromatic nitrogens is 2. The highest BCUT2D eigenvalue weighted by Crippen LogP contribution is 2.40. The van der Waals surface area contributed by atoms with Crippen LogP contribution < -0.4 is 5.73 Å². The predicted molar refractivity (Wildman–Crippen MR) is 78.4 cm³/mol. The molecule has 18 heavy (non-hydrogen) atoms. The van der Waals surface area contributed by atoms with Crippen LogP contribution in [-0.4, -0.2) is 9.55 Å². The predicted octanol–water partition coefficient (Wildman–Crippen LogP) is 3.96. The number of fused-ring (bicyclic) bond motifs is 1. The summed E-state index contributed by atoms with van der Waals surface area (Å²) in [6.45, 7) is 3.34. The number of benzene rings is 1. The number of hydrogen-bond donors (Lipinski definition) is 1. The van der Waals surface area contributed by atoms with E-state index in [2.05, 4.69) is 38.5 Å². The van der Waals surface area contributed by atoms with Gasteiger partial charge in [0.1, 0.15) is 0 Å². The SMILES string of the molecule is CC1(Cn2c(N)nc3ccc(Br)cc32)CCCC1. The highest BCUT2D eigenvalue weighted by molar-refractivity contribution is 9.10. The Morgan fingerprint density at radius 2 is 2.11 bits per heavy atom. The summed E-state index contributed by atoms with van der Waals surface area (Å²) in [5.74, 6) is 0.635. The van der Waals surface area contributed by atoms with Gasteiger partial charge in [-0.05, 0) is 36.5 Å². The highest BCUT2D eigenvalue weighted by atomic mass is 79.9. The molecule has 0 bridgehead atoms. The maximum absolute atomic E-state index is 6.08. The zero-order valence-electron chi connectivity index (χ0n) is 10.6. The van der Waals surface area contributed by atoms with Crippen molar-refractivity contribution in [2.75, 3.05) is 5.73 Å². The van der Waals surface area contributed by atoms with Crippen LogP contribution in [0.4, 0.5) is 5.95 Å². The van der Waals surface area contributed by atoms with Gasteiger partial charge < -0.3 is 10.3 Å². The van der Waals surface area contributed by atoms with Crippen molar-refractivity contribution in [3.05, 3.63) is 22.7 Å². The van der Waals surface area contributed by atoms with Crippen LogP contribution in [-0.2, 0) is 6.54 Å². The maximum Gasteiger partial charge on any atom is 0.201 e. The van der Waals surface area contributed by atoms with E-state index >= 15 is 0 Å². The van der Waals surface area contributed by atoms with Crippen LogP contribution in [0.15, 0.2) is 22.7 Å². The summed E-state index contributed by atoms with van der Waals surface area (Å²) in [5.41, 5.74) is 8.57. The highest BCUT2D eigenvalue weighted by Gasteiger charge is 2.30. The molecule has 2 N–H and O–H groups in total. The van der Waals surface area contributed by atoms with Crippen molar-refractivity contribution in [2.24, 2.45) is 5.41 Å². The summed E-state index contributed by atoms with van der Waals surface area (Å²) < 4.78 is 3.25. The Bertz CT molecular complexity index is 582. The average molecular weight is 308 g/mol. The molecule has 3 rings (SSSR count). The molecule has 1 aromatic carbocycles. The molecular formula is C14H18BrN3. The monoisotopic (exact) mass is 307 g/mol. The van der Waals surface area contributed by atoms with Gasteiger partial charge in [-0.25, -0.2) is 4.98 Å². The second-order valence-electron chi connectivity index (χ2n) is 5.71. The van der Waals surface area contributed by atoms with Crippen LogP contribution in [0.2, 0.25) is 0 Å². The van der Waals surface area contributed by atoms with Crippen LogP contribution in [0.5, 0.6) is 0 Å². The molecule has 0 spiro atoms. The molecular weight excluding hydrogens is 290 g/mol. The first kappa shape index (κ1) is 12.0. The molecule has 1 aliphatic rings. The zero-order chi connectivity index (χ0) is 12.8. The molecule has 1 fully saturated rings. The zero-order valence-corrected chi connectivity index (χ0v) is 12.2. The van der Waals surface area contributed by atoms with Gasteiger partial charge in [-0.1, -0.05) is 35.7 Å². The molecule has 0 saturated heterocycles. The van der Waals surface area contributed by atoms with Crippen LogP contribution >= 0.6 is 15.9 Å². The van der Waals surface area contributed by atoms with Crippen LogP contribution in [0.25, 0.3) is 11.0 Å². The Kier molecular flexibility index (Phi) is 2.85. The minimum absolute atomic E-state index is 0.379. The van der Waals surface area contributed by atoms with Gasteiger partial charge in [-0.15, -0.1) is 0 Å². The van der Waals surface area contributed by atoms with Gasteiger partial charge in [0, 0.05) is 11.0 Å². The Hall–Kier alpha value is -1.03. The van der Waals surface area contributed by atoms with E-state index in [9.17, 15) is 0 Å². The van der Waals surface area contributed by atoms with E-state index in [1.165, 1.54) is 25.7 Å². The largest absolute Gasteiger partial charge is 0.369 e. The topological polar surface area (TPSA) is 43.8 Å². The number of nitrogens with two attached hydrogens (primary N) is 1.